The van der Waals surface area contributed by atoms with Gasteiger partial charge in [0.15, 0.2) is 0 Å². The van der Waals surface area contributed by atoms with Crippen molar-refractivity contribution in [2.24, 2.45) is 0 Å². The van der Waals surface area contributed by atoms with Gasteiger partial charge in [0.05, 0.1) is 12.1 Å². The van der Waals surface area contributed by atoms with Gasteiger partial charge in [0.25, 0.3) is 0 Å². The molecular weight excluding hydrogens is 288 g/mol. The fourth-order valence-electron chi connectivity index (χ4n) is 2.66. The largest absolute Gasteiger partial charge is 0.350 e. The van der Waals surface area contributed by atoms with Gasteiger partial charge in [-0.1, -0.05) is 11.6 Å². The smallest absolute Gasteiger partial charge is 0.242 e. The quantitative estimate of drug-likeness (QED) is 0.873. The lowest BCUT2D eigenvalue weighted by Gasteiger charge is -2.22. The number of nitrogens with zero attached hydrogens (tertiary/aromatic N) is 4. The van der Waals surface area contributed by atoms with Gasteiger partial charge in [-0.3, -0.25) is 4.79 Å². The summed E-state index contributed by atoms with van der Waals surface area (Å²) in [4.78, 5) is 24.6. The second kappa shape index (κ2) is 5.85. The average Bonchev–Trinajstić information content (AvgIpc) is 3.00. The summed E-state index contributed by atoms with van der Waals surface area (Å²) in [6, 6.07) is 5.51. The number of amides is 1. The molecule has 2 aromatic rings. The second-order valence-electron chi connectivity index (χ2n) is 5.30. The van der Waals surface area contributed by atoms with Crippen LogP contribution in [0.15, 0.2) is 24.5 Å². The van der Waals surface area contributed by atoms with Gasteiger partial charge in [-0.15, -0.1) is 0 Å². The zero-order valence-electron chi connectivity index (χ0n) is 11.9. The van der Waals surface area contributed by atoms with E-state index in [0.29, 0.717) is 11.6 Å². The summed E-state index contributed by atoms with van der Waals surface area (Å²) in [5.74, 6) is 0.903. The Balaban J connectivity index is 1.84. The number of rotatable bonds is 3. The summed E-state index contributed by atoms with van der Waals surface area (Å²) in [5.41, 5.74) is 0.785. The number of halogens is 1. The Morgan fingerprint density at radius 3 is 2.86 bits per heavy atom. The van der Waals surface area contributed by atoms with Crippen LogP contribution in [0.2, 0.25) is 5.02 Å². The van der Waals surface area contributed by atoms with Crippen molar-refractivity contribution in [3.63, 3.8) is 0 Å². The van der Waals surface area contributed by atoms with Crippen LogP contribution in [0.5, 0.6) is 0 Å². The lowest BCUT2D eigenvalue weighted by molar-refractivity contribution is -0.128. The van der Waals surface area contributed by atoms with E-state index in [1.807, 2.05) is 29.0 Å². The molecule has 1 fully saturated rings. The van der Waals surface area contributed by atoms with Crippen LogP contribution >= 0.6 is 11.6 Å². The van der Waals surface area contributed by atoms with E-state index < -0.39 is 0 Å². The van der Waals surface area contributed by atoms with Crippen LogP contribution < -0.4 is 4.90 Å². The standard InChI is InChI=1S/C15H17ClN4O/c1-19(9-14(21)20-6-2-3-7-20)15-12-5-4-11(16)8-13(12)17-10-18-15/h4-5,8,10H,2-3,6-7,9H2,1H3. The molecule has 0 N–H and O–H groups in total. The van der Waals surface area contributed by atoms with Gasteiger partial charge < -0.3 is 9.80 Å². The molecule has 110 valence electrons. The topological polar surface area (TPSA) is 49.3 Å². The average molecular weight is 305 g/mol. The zero-order chi connectivity index (χ0) is 14.8. The summed E-state index contributed by atoms with van der Waals surface area (Å²) < 4.78 is 0. The van der Waals surface area contributed by atoms with Gasteiger partial charge in [0.2, 0.25) is 5.91 Å². The van der Waals surface area contributed by atoms with Crippen molar-refractivity contribution in [2.45, 2.75) is 12.8 Å². The number of anilines is 1. The highest BCUT2D eigenvalue weighted by Crippen LogP contribution is 2.24. The molecule has 0 radical (unpaired) electrons. The fourth-order valence-corrected chi connectivity index (χ4v) is 2.83. The van der Waals surface area contributed by atoms with Gasteiger partial charge >= 0.3 is 0 Å². The maximum absolute atomic E-state index is 12.2. The molecule has 1 amide bonds. The molecule has 6 heteroatoms. The first kappa shape index (κ1) is 14.1. The number of hydrogen-bond acceptors (Lipinski definition) is 4. The maximum atomic E-state index is 12.2. The van der Waals surface area contributed by atoms with Gasteiger partial charge in [-0.05, 0) is 31.0 Å². The highest BCUT2D eigenvalue weighted by atomic mass is 35.5. The molecule has 2 heterocycles. The van der Waals surface area contributed by atoms with Crippen molar-refractivity contribution in [1.82, 2.24) is 14.9 Å². The Kier molecular flexibility index (Phi) is 3.92. The van der Waals surface area contributed by atoms with E-state index in [1.54, 1.807) is 6.07 Å². The molecule has 0 unspecified atom stereocenters. The SMILES string of the molecule is CN(CC(=O)N1CCCC1)c1ncnc2cc(Cl)ccc12. The van der Waals surface area contributed by atoms with Gasteiger partial charge in [0, 0.05) is 30.5 Å². The van der Waals surface area contributed by atoms with Crippen molar-refractivity contribution in [3.05, 3.63) is 29.5 Å². The molecule has 1 saturated heterocycles. The van der Waals surface area contributed by atoms with E-state index in [4.69, 9.17) is 11.6 Å². The van der Waals surface area contributed by atoms with Gasteiger partial charge in [0.1, 0.15) is 12.1 Å². The van der Waals surface area contributed by atoms with E-state index in [2.05, 4.69) is 9.97 Å². The van der Waals surface area contributed by atoms with Crippen LogP contribution in [0.25, 0.3) is 10.9 Å². The van der Waals surface area contributed by atoms with Crippen molar-refractivity contribution < 1.29 is 4.79 Å². The number of likely N-dealkylation sites (tertiary alicyclic amines) is 1. The second-order valence-corrected chi connectivity index (χ2v) is 5.74. The number of likely N-dealkylation sites (N-methyl/N-ethyl adjacent to an activating group) is 1. The lowest BCUT2D eigenvalue weighted by atomic mass is 10.2. The molecule has 0 saturated carbocycles. The first-order valence-electron chi connectivity index (χ1n) is 7.04. The Hall–Kier alpha value is -1.88. The van der Waals surface area contributed by atoms with Gasteiger partial charge in [-0.25, -0.2) is 9.97 Å². The number of fused-ring (bicyclic) bond motifs is 1. The molecule has 1 aliphatic heterocycles. The van der Waals surface area contributed by atoms with Crippen molar-refractivity contribution in [2.75, 3.05) is 31.6 Å². The highest BCUT2D eigenvalue weighted by Gasteiger charge is 2.20. The molecule has 0 aliphatic carbocycles. The molecule has 5 nitrogen and oxygen atoms in total. The number of carbonyl (C=O) groups is 1. The van der Waals surface area contributed by atoms with Crippen molar-refractivity contribution in [1.29, 1.82) is 0 Å². The molecule has 0 atom stereocenters. The molecule has 1 aromatic heterocycles. The van der Waals surface area contributed by atoms with Crippen molar-refractivity contribution >= 4 is 34.2 Å². The maximum Gasteiger partial charge on any atom is 0.242 e. The third-order valence-corrected chi connectivity index (χ3v) is 4.01. The molecule has 0 spiro atoms. The molecule has 1 aromatic carbocycles. The summed E-state index contributed by atoms with van der Waals surface area (Å²) in [7, 11) is 1.88. The minimum Gasteiger partial charge on any atom is -0.350 e. The van der Waals surface area contributed by atoms with Crippen LogP contribution in [-0.4, -0.2) is 47.5 Å². The fraction of sp³-hybridized carbons (Fsp3) is 0.400. The third kappa shape index (κ3) is 2.93. The van der Waals surface area contributed by atoms with E-state index in [1.165, 1.54) is 6.33 Å². The van der Waals surface area contributed by atoms with E-state index in [9.17, 15) is 4.79 Å². The predicted molar refractivity (Wildman–Crippen MR) is 83.6 cm³/mol. The first-order valence-corrected chi connectivity index (χ1v) is 7.42. The van der Waals surface area contributed by atoms with Crippen LogP contribution in [0.1, 0.15) is 12.8 Å². The minimum absolute atomic E-state index is 0.149. The third-order valence-electron chi connectivity index (χ3n) is 3.77. The number of benzene rings is 1. The zero-order valence-corrected chi connectivity index (χ0v) is 12.7. The summed E-state index contributed by atoms with van der Waals surface area (Å²) >= 11 is 5.99. The van der Waals surface area contributed by atoms with Gasteiger partial charge in [-0.2, -0.15) is 0 Å². The van der Waals surface area contributed by atoms with E-state index >= 15 is 0 Å². The predicted octanol–water partition coefficient (Wildman–Crippen LogP) is 2.34. The monoisotopic (exact) mass is 304 g/mol. The Labute approximate surface area is 128 Å². The molecule has 3 rings (SSSR count). The minimum atomic E-state index is 0.149. The number of hydrogen-bond donors (Lipinski definition) is 0. The Bertz CT molecular complexity index is 670. The van der Waals surface area contributed by atoms with Crippen molar-refractivity contribution in [3.8, 4) is 0 Å². The summed E-state index contributed by atoms with van der Waals surface area (Å²) in [6.45, 7) is 2.06. The normalized spacial score (nSPS) is 14.7. The lowest BCUT2D eigenvalue weighted by Crippen LogP contribution is -2.37. The molecular formula is C15H17ClN4O. The first-order chi connectivity index (χ1) is 10.1. The molecule has 21 heavy (non-hydrogen) atoms. The summed E-state index contributed by atoms with van der Waals surface area (Å²) in [5, 5.41) is 1.54. The van der Waals surface area contributed by atoms with Crippen LogP contribution in [0.4, 0.5) is 5.82 Å². The number of aromatic nitrogens is 2. The molecule has 1 aliphatic rings. The molecule has 0 bridgehead atoms. The van der Waals surface area contributed by atoms with Crippen LogP contribution in [0.3, 0.4) is 0 Å². The Morgan fingerprint density at radius 1 is 1.33 bits per heavy atom. The highest BCUT2D eigenvalue weighted by molar-refractivity contribution is 6.31. The summed E-state index contributed by atoms with van der Waals surface area (Å²) in [6.07, 6.45) is 3.71. The van der Waals surface area contributed by atoms with E-state index in [0.717, 1.165) is 42.7 Å². The Morgan fingerprint density at radius 2 is 2.10 bits per heavy atom. The van der Waals surface area contributed by atoms with E-state index in [-0.39, 0.29) is 5.91 Å². The van der Waals surface area contributed by atoms with Crippen LogP contribution in [-0.2, 0) is 4.79 Å². The van der Waals surface area contributed by atoms with Crippen LogP contribution in [0, 0.1) is 0 Å². The number of carbonyl (C=O) groups excluding carboxylic acids is 1.